The number of fused-ring (bicyclic) bond motifs is 1. The van der Waals surface area contributed by atoms with Gasteiger partial charge in [-0.05, 0) is 28.7 Å². The van der Waals surface area contributed by atoms with Crippen molar-refractivity contribution in [2.75, 3.05) is 0 Å². The lowest BCUT2D eigenvalue weighted by Crippen LogP contribution is -1.89. The third-order valence-electron chi connectivity index (χ3n) is 1.61. The van der Waals surface area contributed by atoms with Crippen LogP contribution >= 0.6 is 22.6 Å². The Hall–Kier alpha value is -0.650. The van der Waals surface area contributed by atoms with Crippen molar-refractivity contribution in [2.24, 2.45) is 7.05 Å². The van der Waals surface area contributed by atoms with Gasteiger partial charge in [-0.3, -0.25) is 0 Å². The summed E-state index contributed by atoms with van der Waals surface area (Å²) in [5, 5.41) is 1.12. The van der Waals surface area contributed by atoms with E-state index in [2.05, 4.69) is 32.6 Å². The summed E-state index contributed by atoms with van der Waals surface area (Å²) in [7, 11) is 1.98. The van der Waals surface area contributed by atoms with Crippen molar-refractivity contribution >= 4 is 33.6 Å². The van der Waals surface area contributed by atoms with E-state index in [9.17, 15) is 0 Å². The molecule has 2 heterocycles. The van der Waals surface area contributed by atoms with Gasteiger partial charge >= 0.3 is 0 Å². The van der Waals surface area contributed by atoms with Crippen LogP contribution in [0.1, 0.15) is 0 Å². The number of halogens is 1. The minimum atomic E-state index is 0.990. The predicted molar refractivity (Wildman–Crippen MR) is 51.2 cm³/mol. The Kier molecular flexibility index (Phi) is 1.56. The maximum Gasteiger partial charge on any atom is 0.144 e. The monoisotopic (exact) mass is 259 g/mol. The fourth-order valence-electron chi connectivity index (χ4n) is 1.05. The largest absolute Gasteiger partial charge is 0.335 e. The molecule has 11 heavy (non-hydrogen) atoms. The van der Waals surface area contributed by atoms with Gasteiger partial charge in [-0.15, -0.1) is 0 Å². The van der Waals surface area contributed by atoms with E-state index >= 15 is 0 Å². The molecular weight excluding hydrogens is 253 g/mol. The second-order valence-electron chi connectivity index (χ2n) is 2.33. The van der Waals surface area contributed by atoms with Gasteiger partial charge in [0, 0.05) is 13.2 Å². The van der Waals surface area contributed by atoms with Crippen LogP contribution in [0.2, 0.25) is 0 Å². The molecule has 0 spiro atoms. The molecule has 0 fully saturated rings. The number of aromatic nitrogens is 3. The number of hydrogen-bond donors (Lipinski definition) is 0. The Balaban J connectivity index is 2.94. The van der Waals surface area contributed by atoms with Crippen molar-refractivity contribution in [2.45, 2.75) is 0 Å². The zero-order valence-electron chi connectivity index (χ0n) is 5.95. The van der Waals surface area contributed by atoms with Crippen LogP contribution in [-0.4, -0.2) is 14.5 Å². The summed E-state index contributed by atoms with van der Waals surface area (Å²) in [5.41, 5.74) is 0.990. The highest BCUT2D eigenvalue weighted by Crippen LogP contribution is 2.15. The average molecular weight is 259 g/mol. The summed E-state index contributed by atoms with van der Waals surface area (Å²) in [6, 6.07) is 2.02. The molecule has 0 saturated heterocycles. The molecule has 0 aliphatic heterocycles. The summed E-state index contributed by atoms with van der Waals surface area (Å²) in [4.78, 5) is 8.23. The highest BCUT2D eigenvalue weighted by Gasteiger charge is 2.01. The SMILES string of the molecule is Cn1ccc2c(I)ncnc21. The van der Waals surface area contributed by atoms with E-state index in [4.69, 9.17) is 0 Å². The van der Waals surface area contributed by atoms with Gasteiger partial charge in [-0.25, -0.2) is 9.97 Å². The lowest BCUT2D eigenvalue weighted by atomic mass is 10.4. The molecule has 0 aliphatic carbocycles. The number of hydrogen-bond acceptors (Lipinski definition) is 2. The zero-order chi connectivity index (χ0) is 7.84. The molecule has 0 bridgehead atoms. The molecular formula is C7H6IN3. The van der Waals surface area contributed by atoms with Crippen LogP contribution in [0.15, 0.2) is 18.6 Å². The first-order chi connectivity index (χ1) is 5.29. The summed E-state index contributed by atoms with van der Waals surface area (Å²) in [6.07, 6.45) is 3.58. The fraction of sp³-hybridized carbons (Fsp3) is 0.143. The summed E-state index contributed by atoms with van der Waals surface area (Å²) >= 11 is 2.21. The van der Waals surface area contributed by atoms with Crippen LogP contribution in [0, 0.1) is 3.70 Å². The molecule has 2 aromatic heterocycles. The molecule has 0 saturated carbocycles. The van der Waals surface area contributed by atoms with Crippen molar-refractivity contribution in [3.63, 3.8) is 0 Å². The van der Waals surface area contributed by atoms with E-state index in [1.54, 1.807) is 6.33 Å². The highest BCUT2D eigenvalue weighted by atomic mass is 127. The Bertz CT molecular complexity index is 393. The first-order valence-electron chi connectivity index (χ1n) is 3.20. The Morgan fingerprint density at radius 1 is 1.45 bits per heavy atom. The lowest BCUT2D eigenvalue weighted by Gasteiger charge is -1.93. The minimum absolute atomic E-state index is 0.990. The third kappa shape index (κ3) is 1.01. The zero-order valence-corrected chi connectivity index (χ0v) is 8.11. The molecule has 56 valence electrons. The van der Waals surface area contributed by atoms with Crippen molar-refractivity contribution < 1.29 is 0 Å². The molecule has 2 aromatic rings. The van der Waals surface area contributed by atoms with Gasteiger partial charge in [0.1, 0.15) is 15.7 Å². The third-order valence-corrected chi connectivity index (χ3v) is 2.47. The second kappa shape index (κ2) is 2.44. The predicted octanol–water partition coefficient (Wildman–Crippen LogP) is 1.57. The van der Waals surface area contributed by atoms with Crippen LogP contribution in [0.5, 0.6) is 0 Å². The van der Waals surface area contributed by atoms with Gasteiger partial charge in [0.2, 0.25) is 0 Å². The van der Waals surface area contributed by atoms with Crippen LogP contribution in [0.25, 0.3) is 11.0 Å². The Labute approximate surface area is 77.6 Å². The summed E-state index contributed by atoms with van der Waals surface area (Å²) < 4.78 is 2.99. The van der Waals surface area contributed by atoms with E-state index in [1.807, 2.05) is 23.9 Å². The molecule has 3 nitrogen and oxygen atoms in total. The molecule has 0 N–H and O–H groups in total. The molecule has 0 amide bonds. The van der Waals surface area contributed by atoms with Gasteiger partial charge in [0.25, 0.3) is 0 Å². The summed E-state index contributed by atoms with van der Waals surface area (Å²) in [5.74, 6) is 0. The molecule has 0 radical (unpaired) electrons. The maximum absolute atomic E-state index is 4.15. The standard InChI is InChI=1S/C7H6IN3/c1-11-3-2-5-6(8)9-4-10-7(5)11/h2-4H,1H3. The van der Waals surface area contributed by atoms with Gasteiger partial charge in [-0.1, -0.05) is 0 Å². The number of rotatable bonds is 0. The lowest BCUT2D eigenvalue weighted by molar-refractivity contribution is 0.942. The molecule has 0 unspecified atom stereocenters. The van der Waals surface area contributed by atoms with E-state index in [0.717, 1.165) is 14.7 Å². The smallest absolute Gasteiger partial charge is 0.144 e. The van der Waals surface area contributed by atoms with Gasteiger partial charge in [0.05, 0.1) is 5.39 Å². The fourth-order valence-corrected chi connectivity index (χ4v) is 1.59. The first kappa shape index (κ1) is 7.02. The molecule has 0 aliphatic rings. The van der Waals surface area contributed by atoms with Gasteiger partial charge < -0.3 is 4.57 Å². The number of nitrogens with zero attached hydrogens (tertiary/aromatic N) is 3. The van der Waals surface area contributed by atoms with E-state index in [-0.39, 0.29) is 0 Å². The van der Waals surface area contributed by atoms with Crippen LogP contribution in [0.4, 0.5) is 0 Å². The summed E-state index contributed by atoms with van der Waals surface area (Å²) in [6.45, 7) is 0. The maximum atomic E-state index is 4.15. The van der Waals surface area contributed by atoms with Crippen molar-refractivity contribution in [3.8, 4) is 0 Å². The van der Waals surface area contributed by atoms with Gasteiger partial charge in [0.15, 0.2) is 0 Å². The minimum Gasteiger partial charge on any atom is -0.335 e. The second-order valence-corrected chi connectivity index (χ2v) is 3.35. The van der Waals surface area contributed by atoms with Crippen LogP contribution < -0.4 is 0 Å². The highest BCUT2D eigenvalue weighted by molar-refractivity contribution is 14.1. The van der Waals surface area contributed by atoms with E-state index in [1.165, 1.54) is 0 Å². The van der Waals surface area contributed by atoms with E-state index < -0.39 is 0 Å². The van der Waals surface area contributed by atoms with Crippen LogP contribution in [0.3, 0.4) is 0 Å². The molecule has 2 rings (SSSR count). The van der Waals surface area contributed by atoms with E-state index in [0.29, 0.717) is 0 Å². The molecule has 0 atom stereocenters. The van der Waals surface area contributed by atoms with Crippen molar-refractivity contribution in [1.29, 1.82) is 0 Å². The van der Waals surface area contributed by atoms with Crippen LogP contribution in [-0.2, 0) is 7.05 Å². The number of aryl methyl sites for hydroxylation is 1. The van der Waals surface area contributed by atoms with Crippen molar-refractivity contribution in [1.82, 2.24) is 14.5 Å². The molecule has 0 aromatic carbocycles. The average Bonchev–Trinajstić information content (AvgIpc) is 2.35. The Morgan fingerprint density at radius 2 is 2.27 bits per heavy atom. The quantitative estimate of drug-likeness (QED) is 0.531. The Morgan fingerprint density at radius 3 is 3.00 bits per heavy atom. The van der Waals surface area contributed by atoms with Crippen molar-refractivity contribution in [3.05, 3.63) is 22.3 Å². The van der Waals surface area contributed by atoms with Gasteiger partial charge in [-0.2, -0.15) is 0 Å². The normalized spacial score (nSPS) is 10.7. The molecule has 4 heteroatoms. The first-order valence-corrected chi connectivity index (χ1v) is 4.28. The topological polar surface area (TPSA) is 30.7 Å².